The lowest BCUT2D eigenvalue weighted by Gasteiger charge is -2.10. The molecule has 1 aliphatic rings. The zero-order valence-electron chi connectivity index (χ0n) is 15.7. The number of hydrogen-bond acceptors (Lipinski definition) is 7. The van der Waals surface area contributed by atoms with Crippen molar-refractivity contribution < 1.29 is 14.0 Å². The molecule has 1 saturated carbocycles. The van der Waals surface area contributed by atoms with E-state index in [0.717, 1.165) is 12.8 Å². The number of nitrogens with one attached hydrogen (secondary N) is 3. The highest BCUT2D eigenvalue weighted by atomic mass is 32.2. The molecule has 0 spiro atoms. The number of para-hydroxylation sites is 2. The van der Waals surface area contributed by atoms with Crippen LogP contribution in [0.5, 0.6) is 0 Å². The molecule has 7 nitrogen and oxygen atoms in total. The molecule has 0 radical (unpaired) electrons. The van der Waals surface area contributed by atoms with Crippen LogP contribution in [0.3, 0.4) is 0 Å². The van der Waals surface area contributed by atoms with Crippen molar-refractivity contribution in [3.8, 4) is 0 Å². The van der Waals surface area contributed by atoms with Gasteiger partial charge in [0.2, 0.25) is 11.0 Å². The van der Waals surface area contributed by atoms with Crippen molar-refractivity contribution in [3.05, 3.63) is 59.9 Å². The zero-order chi connectivity index (χ0) is 20.9. The summed E-state index contributed by atoms with van der Waals surface area (Å²) in [5.41, 5.74) is 1.22. The van der Waals surface area contributed by atoms with Crippen LogP contribution in [0.25, 0.3) is 0 Å². The quantitative estimate of drug-likeness (QED) is 0.455. The number of anilines is 3. The molecule has 0 bridgehead atoms. The van der Waals surface area contributed by atoms with Crippen LogP contribution in [0.1, 0.15) is 23.2 Å². The molecule has 1 heterocycles. The highest BCUT2D eigenvalue weighted by Crippen LogP contribution is 2.28. The first-order valence-corrected chi connectivity index (χ1v) is 11.1. The first-order valence-electron chi connectivity index (χ1n) is 9.26. The van der Waals surface area contributed by atoms with Crippen molar-refractivity contribution in [3.63, 3.8) is 0 Å². The van der Waals surface area contributed by atoms with Crippen LogP contribution in [-0.2, 0) is 4.79 Å². The predicted octanol–water partition coefficient (Wildman–Crippen LogP) is 4.04. The van der Waals surface area contributed by atoms with Crippen molar-refractivity contribution in [2.24, 2.45) is 0 Å². The van der Waals surface area contributed by atoms with E-state index in [-0.39, 0.29) is 29.4 Å². The molecule has 2 aromatic carbocycles. The molecule has 1 aromatic heterocycles. The van der Waals surface area contributed by atoms with Crippen LogP contribution in [0.4, 0.5) is 20.9 Å². The molecule has 0 atom stereocenters. The summed E-state index contributed by atoms with van der Waals surface area (Å²) in [4.78, 5) is 24.7. The van der Waals surface area contributed by atoms with Gasteiger partial charge in [-0.1, -0.05) is 47.4 Å². The molecule has 4 rings (SSSR count). The second-order valence-electron chi connectivity index (χ2n) is 6.61. The molecule has 1 fully saturated rings. The summed E-state index contributed by atoms with van der Waals surface area (Å²) in [6, 6.07) is 13.4. The van der Waals surface area contributed by atoms with Gasteiger partial charge in [-0.15, -0.1) is 10.2 Å². The van der Waals surface area contributed by atoms with Gasteiger partial charge in [0.15, 0.2) is 4.34 Å². The fourth-order valence-corrected chi connectivity index (χ4v) is 4.16. The Morgan fingerprint density at radius 2 is 1.80 bits per heavy atom. The van der Waals surface area contributed by atoms with Gasteiger partial charge in [-0.3, -0.25) is 9.59 Å². The minimum Gasteiger partial charge on any atom is -0.349 e. The van der Waals surface area contributed by atoms with Gasteiger partial charge >= 0.3 is 0 Å². The third kappa shape index (κ3) is 5.33. The number of amides is 2. The summed E-state index contributed by atoms with van der Waals surface area (Å²) in [5, 5.41) is 17.0. The van der Waals surface area contributed by atoms with Crippen LogP contribution >= 0.6 is 23.1 Å². The Kier molecular flexibility index (Phi) is 6.24. The van der Waals surface area contributed by atoms with E-state index in [1.807, 2.05) is 0 Å². The van der Waals surface area contributed by atoms with E-state index < -0.39 is 0 Å². The van der Waals surface area contributed by atoms with E-state index in [0.29, 0.717) is 26.4 Å². The maximum atomic E-state index is 13.7. The van der Waals surface area contributed by atoms with Gasteiger partial charge in [0.25, 0.3) is 5.91 Å². The van der Waals surface area contributed by atoms with Crippen molar-refractivity contribution >= 4 is 51.4 Å². The zero-order valence-corrected chi connectivity index (χ0v) is 17.4. The van der Waals surface area contributed by atoms with Gasteiger partial charge in [-0.2, -0.15) is 0 Å². The lowest BCUT2D eigenvalue weighted by Crippen LogP contribution is -2.27. The standard InChI is InChI=1S/C20H18FN5O2S2/c21-14-6-2-4-8-16(14)24-19-25-26-20(30-19)29-11-17(27)23-15-7-3-1-5-13(15)18(28)22-12-9-10-12/h1-8,12H,9-11H2,(H,22,28)(H,23,27)(H,24,25). The third-order valence-electron chi connectivity index (χ3n) is 4.21. The average Bonchev–Trinajstić information content (AvgIpc) is 3.44. The number of aromatic nitrogens is 2. The van der Waals surface area contributed by atoms with E-state index in [2.05, 4.69) is 26.1 Å². The van der Waals surface area contributed by atoms with Gasteiger partial charge < -0.3 is 16.0 Å². The number of benzene rings is 2. The maximum Gasteiger partial charge on any atom is 0.253 e. The monoisotopic (exact) mass is 443 g/mol. The Morgan fingerprint density at radius 1 is 1.07 bits per heavy atom. The number of carbonyl (C=O) groups excluding carboxylic acids is 2. The summed E-state index contributed by atoms with van der Waals surface area (Å²) in [7, 11) is 0. The molecule has 10 heteroatoms. The molecule has 1 aliphatic carbocycles. The number of rotatable bonds is 8. The van der Waals surface area contributed by atoms with Crippen molar-refractivity contribution in [2.45, 2.75) is 23.2 Å². The molecule has 2 amide bonds. The van der Waals surface area contributed by atoms with Gasteiger partial charge in [-0.25, -0.2) is 4.39 Å². The smallest absolute Gasteiger partial charge is 0.253 e. The highest BCUT2D eigenvalue weighted by Gasteiger charge is 2.25. The average molecular weight is 444 g/mol. The molecular weight excluding hydrogens is 425 g/mol. The Labute approximate surface area is 180 Å². The van der Waals surface area contributed by atoms with E-state index in [9.17, 15) is 14.0 Å². The van der Waals surface area contributed by atoms with E-state index in [1.165, 1.54) is 29.2 Å². The SMILES string of the molecule is O=C(CSc1nnc(Nc2ccccc2F)s1)Nc1ccccc1C(=O)NC1CC1. The predicted molar refractivity (Wildman–Crippen MR) is 116 cm³/mol. The lowest BCUT2D eigenvalue weighted by molar-refractivity contribution is -0.113. The number of halogens is 1. The minimum atomic E-state index is -0.384. The van der Waals surface area contributed by atoms with E-state index in [1.54, 1.807) is 42.5 Å². The molecule has 3 aromatic rings. The van der Waals surface area contributed by atoms with Crippen LogP contribution in [-0.4, -0.2) is 33.8 Å². The number of nitrogens with zero attached hydrogens (tertiary/aromatic N) is 2. The summed E-state index contributed by atoms with van der Waals surface area (Å²) in [5.74, 6) is -0.724. The molecule has 154 valence electrons. The fraction of sp³-hybridized carbons (Fsp3) is 0.200. The van der Waals surface area contributed by atoms with Crippen LogP contribution < -0.4 is 16.0 Å². The number of carbonyl (C=O) groups is 2. The summed E-state index contributed by atoms with van der Waals surface area (Å²) in [6.45, 7) is 0. The fourth-order valence-electron chi connectivity index (χ4n) is 2.59. The molecule has 0 saturated heterocycles. The first kappa shape index (κ1) is 20.3. The second kappa shape index (κ2) is 9.23. The van der Waals surface area contributed by atoms with Gasteiger partial charge in [0.1, 0.15) is 5.82 Å². The molecule has 30 heavy (non-hydrogen) atoms. The molecule has 3 N–H and O–H groups in total. The summed E-state index contributed by atoms with van der Waals surface area (Å²) < 4.78 is 14.3. The van der Waals surface area contributed by atoms with E-state index in [4.69, 9.17) is 0 Å². The Bertz CT molecular complexity index is 1070. The van der Waals surface area contributed by atoms with Crippen molar-refractivity contribution in [1.29, 1.82) is 0 Å². The van der Waals surface area contributed by atoms with E-state index >= 15 is 0 Å². The first-order chi connectivity index (χ1) is 14.6. The van der Waals surface area contributed by atoms with Gasteiger partial charge in [-0.05, 0) is 37.1 Å². The Balaban J connectivity index is 1.32. The van der Waals surface area contributed by atoms with Crippen molar-refractivity contribution in [1.82, 2.24) is 15.5 Å². The summed E-state index contributed by atoms with van der Waals surface area (Å²) in [6.07, 6.45) is 1.99. The largest absolute Gasteiger partial charge is 0.349 e. The molecule has 0 aliphatic heterocycles. The van der Waals surface area contributed by atoms with Crippen LogP contribution in [0.2, 0.25) is 0 Å². The van der Waals surface area contributed by atoms with Crippen LogP contribution in [0, 0.1) is 5.82 Å². The maximum absolute atomic E-state index is 13.7. The normalized spacial score (nSPS) is 13.0. The lowest BCUT2D eigenvalue weighted by atomic mass is 10.1. The number of hydrogen-bond donors (Lipinski definition) is 3. The van der Waals surface area contributed by atoms with Crippen LogP contribution in [0.15, 0.2) is 52.9 Å². The van der Waals surface area contributed by atoms with Gasteiger partial charge in [0, 0.05) is 6.04 Å². The molecule has 0 unspecified atom stereocenters. The summed E-state index contributed by atoms with van der Waals surface area (Å²) >= 11 is 2.44. The highest BCUT2D eigenvalue weighted by molar-refractivity contribution is 8.01. The van der Waals surface area contributed by atoms with Crippen molar-refractivity contribution in [2.75, 3.05) is 16.4 Å². The van der Waals surface area contributed by atoms with Gasteiger partial charge in [0.05, 0.1) is 22.7 Å². The Hall–Kier alpha value is -2.98. The third-order valence-corrected chi connectivity index (χ3v) is 6.18. The molecular formula is C20H18FN5O2S2. The minimum absolute atomic E-state index is 0.104. The number of thioether (sulfide) groups is 1. The Morgan fingerprint density at radius 3 is 2.57 bits per heavy atom. The second-order valence-corrected chi connectivity index (χ2v) is 8.81. The topological polar surface area (TPSA) is 96.0 Å².